The molecule has 0 atom stereocenters. The molecule has 0 saturated heterocycles. The van der Waals surface area contributed by atoms with E-state index in [-0.39, 0.29) is 16.1 Å². The van der Waals surface area contributed by atoms with Crippen LogP contribution < -0.4 is 15.4 Å². The van der Waals surface area contributed by atoms with Crippen molar-refractivity contribution in [1.82, 2.24) is 9.78 Å². The van der Waals surface area contributed by atoms with Crippen LogP contribution in [-0.2, 0) is 0 Å². The Morgan fingerprint density at radius 1 is 1.21 bits per heavy atom. The van der Waals surface area contributed by atoms with Gasteiger partial charge in [0.25, 0.3) is 5.56 Å². The molecular formula is C19H14Cl2N3O4-. The largest absolute Gasteiger partial charge is 0.545 e. The van der Waals surface area contributed by atoms with Crippen molar-refractivity contribution in [1.29, 1.82) is 0 Å². The first-order chi connectivity index (χ1) is 13.3. The first kappa shape index (κ1) is 19.7. The van der Waals surface area contributed by atoms with Crippen LogP contribution in [0.2, 0.25) is 10.0 Å². The molecule has 3 aromatic rings. The number of aliphatic imine (C=N–C) groups is 1. The standard InChI is InChI=1S/C19H15Cl2N3O4/c1-10-14(9-22-11-3-5-15(20)13(7-11)19(26)27)18(25)24(23-10)12-4-6-16(21)17(8-12)28-2/h3-9,23H,1-2H3,(H,26,27)/p-1. The van der Waals surface area contributed by atoms with Crippen LogP contribution in [0.25, 0.3) is 5.69 Å². The third kappa shape index (κ3) is 3.81. The molecule has 1 aromatic heterocycles. The fourth-order valence-electron chi connectivity index (χ4n) is 2.57. The monoisotopic (exact) mass is 418 g/mol. The van der Waals surface area contributed by atoms with Crippen LogP contribution in [0.1, 0.15) is 21.6 Å². The van der Waals surface area contributed by atoms with Gasteiger partial charge in [0.05, 0.1) is 35.0 Å². The Hall–Kier alpha value is -3.03. The highest BCUT2D eigenvalue weighted by atomic mass is 35.5. The third-order valence-corrected chi connectivity index (χ3v) is 4.66. The van der Waals surface area contributed by atoms with Gasteiger partial charge < -0.3 is 14.6 Å². The van der Waals surface area contributed by atoms with E-state index in [2.05, 4.69) is 10.1 Å². The summed E-state index contributed by atoms with van der Waals surface area (Å²) in [6, 6.07) is 9.15. The van der Waals surface area contributed by atoms with E-state index < -0.39 is 5.97 Å². The normalized spacial score (nSPS) is 11.1. The van der Waals surface area contributed by atoms with Gasteiger partial charge in [-0.3, -0.25) is 14.9 Å². The van der Waals surface area contributed by atoms with E-state index in [1.54, 1.807) is 25.1 Å². The average molecular weight is 419 g/mol. The van der Waals surface area contributed by atoms with Gasteiger partial charge in [-0.1, -0.05) is 23.2 Å². The molecule has 28 heavy (non-hydrogen) atoms. The number of H-pyrrole nitrogens is 1. The molecule has 0 saturated carbocycles. The minimum absolute atomic E-state index is 0.0517. The number of nitrogens with one attached hydrogen (secondary N) is 1. The Labute approximate surface area is 169 Å². The zero-order valence-corrected chi connectivity index (χ0v) is 16.3. The molecule has 144 valence electrons. The number of halogens is 2. The van der Waals surface area contributed by atoms with Crippen molar-refractivity contribution in [2.24, 2.45) is 4.99 Å². The van der Waals surface area contributed by atoms with Crippen LogP contribution in [0.15, 0.2) is 46.2 Å². The molecular weight excluding hydrogens is 405 g/mol. The lowest BCUT2D eigenvalue weighted by Gasteiger charge is -2.06. The molecule has 7 nitrogen and oxygen atoms in total. The fraction of sp³-hybridized carbons (Fsp3) is 0.105. The maximum atomic E-state index is 12.8. The molecule has 0 unspecified atom stereocenters. The van der Waals surface area contributed by atoms with E-state index in [0.717, 1.165) is 0 Å². The molecule has 0 bridgehead atoms. The van der Waals surface area contributed by atoms with Crippen molar-refractivity contribution in [3.05, 3.63) is 73.6 Å². The Morgan fingerprint density at radius 2 is 1.93 bits per heavy atom. The highest BCUT2D eigenvalue weighted by molar-refractivity contribution is 6.33. The predicted octanol–water partition coefficient (Wildman–Crippen LogP) is 2.90. The van der Waals surface area contributed by atoms with E-state index >= 15 is 0 Å². The molecule has 0 fully saturated rings. The number of methoxy groups -OCH3 is 1. The van der Waals surface area contributed by atoms with E-state index in [4.69, 9.17) is 27.9 Å². The van der Waals surface area contributed by atoms with Crippen molar-refractivity contribution in [3.63, 3.8) is 0 Å². The number of carboxylic acid groups (broad SMARTS) is 1. The van der Waals surface area contributed by atoms with E-state index in [9.17, 15) is 14.7 Å². The van der Waals surface area contributed by atoms with Gasteiger partial charge in [0.15, 0.2) is 0 Å². The van der Waals surface area contributed by atoms with Crippen molar-refractivity contribution < 1.29 is 14.6 Å². The van der Waals surface area contributed by atoms with Crippen LogP contribution in [0, 0.1) is 6.92 Å². The lowest BCUT2D eigenvalue weighted by atomic mass is 10.2. The van der Waals surface area contributed by atoms with Gasteiger partial charge in [-0.05, 0) is 37.3 Å². The lowest BCUT2D eigenvalue weighted by molar-refractivity contribution is -0.255. The first-order valence-electron chi connectivity index (χ1n) is 8.02. The third-order valence-electron chi connectivity index (χ3n) is 4.02. The van der Waals surface area contributed by atoms with E-state index in [1.165, 1.54) is 36.2 Å². The minimum Gasteiger partial charge on any atom is -0.545 e. The second-order valence-electron chi connectivity index (χ2n) is 5.82. The number of aromatic nitrogens is 2. The number of carbonyl (C=O) groups is 1. The molecule has 9 heteroatoms. The van der Waals surface area contributed by atoms with Crippen molar-refractivity contribution in [3.8, 4) is 11.4 Å². The minimum atomic E-state index is -1.40. The fourth-order valence-corrected chi connectivity index (χ4v) is 2.96. The lowest BCUT2D eigenvalue weighted by Crippen LogP contribution is -2.22. The highest BCUT2D eigenvalue weighted by Crippen LogP contribution is 2.26. The molecule has 3 rings (SSSR count). The topological polar surface area (TPSA) is 99.5 Å². The second-order valence-corrected chi connectivity index (χ2v) is 6.63. The second kappa shape index (κ2) is 7.92. The summed E-state index contributed by atoms with van der Waals surface area (Å²) in [5.41, 5.74) is 1.26. The Balaban J connectivity index is 1.99. The smallest absolute Gasteiger partial charge is 0.280 e. The maximum Gasteiger partial charge on any atom is 0.280 e. The molecule has 0 spiro atoms. The number of carbonyl (C=O) groups excluding carboxylic acids is 1. The molecule has 0 aliphatic rings. The van der Waals surface area contributed by atoms with Crippen LogP contribution in [-0.4, -0.2) is 29.1 Å². The number of hydrogen-bond acceptors (Lipinski definition) is 5. The Morgan fingerprint density at radius 3 is 2.61 bits per heavy atom. The van der Waals surface area contributed by atoms with Gasteiger partial charge in [-0.25, -0.2) is 4.68 Å². The highest BCUT2D eigenvalue weighted by Gasteiger charge is 2.12. The zero-order chi connectivity index (χ0) is 20.4. The summed E-state index contributed by atoms with van der Waals surface area (Å²) in [7, 11) is 1.48. The molecule has 0 aliphatic heterocycles. The number of aromatic carboxylic acids is 1. The van der Waals surface area contributed by atoms with Crippen LogP contribution in [0.3, 0.4) is 0 Å². The van der Waals surface area contributed by atoms with Gasteiger partial charge >= 0.3 is 0 Å². The molecule has 1 N–H and O–H groups in total. The van der Waals surface area contributed by atoms with Crippen molar-refractivity contribution in [2.75, 3.05) is 7.11 Å². The summed E-state index contributed by atoms with van der Waals surface area (Å²) >= 11 is 11.8. The summed E-state index contributed by atoms with van der Waals surface area (Å²) < 4.78 is 6.52. The number of ether oxygens (including phenoxy) is 1. The van der Waals surface area contributed by atoms with Crippen molar-refractivity contribution >= 4 is 41.1 Å². The van der Waals surface area contributed by atoms with Crippen LogP contribution >= 0.6 is 23.2 Å². The summed E-state index contributed by atoms with van der Waals surface area (Å²) in [5.74, 6) is -0.969. The van der Waals surface area contributed by atoms with Crippen LogP contribution in [0.4, 0.5) is 5.69 Å². The number of carboxylic acids is 1. The van der Waals surface area contributed by atoms with Crippen LogP contribution in [0.5, 0.6) is 5.75 Å². The maximum absolute atomic E-state index is 12.8. The number of aryl methyl sites for hydroxylation is 1. The molecule has 2 aromatic carbocycles. The Bertz CT molecular complexity index is 1150. The quantitative estimate of drug-likeness (QED) is 0.643. The van der Waals surface area contributed by atoms with E-state index in [0.29, 0.717) is 33.4 Å². The molecule has 0 radical (unpaired) electrons. The summed E-state index contributed by atoms with van der Waals surface area (Å²) in [6.07, 6.45) is 1.36. The van der Waals surface area contributed by atoms with Gasteiger partial charge in [0.2, 0.25) is 0 Å². The number of aromatic amines is 1. The summed E-state index contributed by atoms with van der Waals surface area (Å²) in [6.45, 7) is 1.72. The number of rotatable bonds is 5. The summed E-state index contributed by atoms with van der Waals surface area (Å²) in [4.78, 5) is 28.0. The SMILES string of the molecule is COc1cc(-n2[nH]c(C)c(C=Nc3ccc(Cl)c(C(=O)[O-])c3)c2=O)ccc1Cl. The number of nitrogens with zero attached hydrogens (tertiary/aromatic N) is 2. The predicted molar refractivity (Wildman–Crippen MR) is 106 cm³/mol. The average Bonchev–Trinajstić information content (AvgIpc) is 2.95. The number of benzene rings is 2. The van der Waals surface area contributed by atoms with Gasteiger partial charge in [-0.2, -0.15) is 0 Å². The summed E-state index contributed by atoms with van der Waals surface area (Å²) in [5, 5.41) is 14.5. The van der Waals surface area contributed by atoms with Gasteiger partial charge in [-0.15, -0.1) is 0 Å². The zero-order valence-electron chi connectivity index (χ0n) is 14.8. The Kier molecular flexibility index (Phi) is 5.58. The molecule has 0 aliphatic carbocycles. The van der Waals surface area contributed by atoms with Gasteiger partial charge in [0, 0.05) is 28.6 Å². The van der Waals surface area contributed by atoms with Gasteiger partial charge in [0.1, 0.15) is 5.75 Å². The number of hydrogen-bond donors (Lipinski definition) is 1. The first-order valence-corrected chi connectivity index (χ1v) is 8.78. The van der Waals surface area contributed by atoms with Crippen molar-refractivity contribution in [2.45, 2.75) is 6.92 Å². The molecule has 1 heterocycles. The molecule has 0 amide bonds. The van der Waals surface area contributed by atoms with E-state index in [1.807, 2.05) is 0 Å².